The molecule has 6 aliphatic rings. The molecule has 0 amide bonds. The molecule has 2 saturated carbocycles. The maximum atomic E-state index is 14.0. The van der Waals surface area contributed by atoms with Crippen molar-refractivity contribution in [2.45, 2.75) is 63.2 Å². The van der Waals surface area contributed by atoms with Crippen molar-refractivity contribution >= 4 is 82.0 Å². The lowest BCUT2D eigenvalue weighted by Gasteiger charge is -2.22. The minimum atomic E-state index is 0.158. The van der Waals surface area contributed by atoms with E-state index in [2.05, 4.69) is 71.1 Å². The van der Waals surface area contributed by atoms with Gasteiger partial charge in [-0.3, -0.25) is 9.59 Å². The third-order valence-corrected chi connectivity index (χ3v) is 13.0. The van der Waals surface area contributed by atoms with Gasteiger partial charge in [-0.1, -0.05) is 42.5 Å². The minimum Gasteiger partial charge on any atom is -0.308 e. The second-order valence-corrected chi connectivity index (χ2v) is 14.9. The molecule has 4 bridgehead atoms. The Kier molecular flexibility index (Phi) is 4.14. The van der Waals surface area contributed by atoms with Crippen molar-refractivity contribution in [2.24, 2.45) is 11.8 Å². The van der Waals surface area contributed by atoms with Gasteiger partial charge in [0.2, 0.25) is 0 Å². The summed E-state index contributed by atoms with van der Waals surface area (Å²) in [5.41, 5.74) is 7.94. The molecule has 2 fully saturated rings. The van der Waals surface area contributed by atoms with E-state index in [9.17, 15) is 9.59 Å². The number of nitrogens with zero attached hydrogens (tertiary/aromatic N) is 1. The number of Topliss-reactive ketones (excluding diaryl/α,β-unsaturated/α-hetero) is 2. The predicted octanol–water partition coefficient (Wildman–Crippen LogP) is 10.7. The van der Waals surface area contributed by atoms with Crippen LogP contribution in [0.5, 0.6) is 0 Å². The Morgan fingerprint density at radius 2 is 0.933 bits per heavy atom. The molecule has 8 aromatic rings. The fourth-order valence-electron chi connectivity index (χ4n) is 10.9. The van der Waals surface area contributed by atoms with Crippen LogP contribution in [0.4, 0.5) is 0 Å². The smallest absolute Gasteiger partial charge is 0.166 e. The topological polar surface area (TPSA) is 38.5 Å². The van der Waals surface area contributed by atoms with Gasteiger partial charge in [-0.05, 0) is 131 Å². The molecule has 3 heteroatoms. The third kappa shape index (κ3) is 2.70. The van der Waals surface area contributed by atoms with Gasteiger partial charge in [0.15, 0.2) is 11.6 Å². The lowest BCUT2D eigenvalue weighted by molar-refractivity contribution is 0.0891. The SMILES string of the molecule is O=C1c2cc3c(cc2C2CCC1CC2)c1c2ccc4cccc5ccc(c2c45)c2c4cc5c(cc4n3c12)C(=O)C1CCC5CC1. The molecule has 216 valence electrons. The normalized spacial score (nSPS) is 24.7. The van der Waals surface area contributed by atoms with E-state index in [-0.39, 0.29) is 11.8 Å². The van der Waals surface area contributed by atoms with E-state index >= 15 is 0 Å². The molecule has 0 aliphatic heterocycles. The summed E-state index contributed by atoms with van der Waals surface area (Å²) in [5.74, 6) is 1.93. The van der Waals surface area contributed by atoms with Crippen LogP contribution in [0, 0.1) is 11.8 Å². The Labute approximate surface area is 259 Å². The summed E-state index contributed by atoms with van der Waals surface area (Å²) in [6.45, 7) is 0. The van der Waals surface area contributed by atoms with Crippen LogP contribution < -0.4 is 0 Å². The van der Waals surface area contributed by atoms with Crippen LogP contribution in [0.25, 0.3) is 70.4 Å². The average Bonchev–Trinajstić information content (AvgIpc) is 3.41. The molecule has 14 rings (SSSR count). The Hall–Kier alpha value is -4.50. The summed E-state index contributed by atoms with van der Waals surface area (Å²) >= 11 is 0. The number of hydrogen-bond acceptors (Lipinski definition) is 2. The summed E-state index contributed by atoms with van der Waals surface area (Å²) < 4.78 is 2.45. The van der Waals surface area contributed by atoms with E-state index in [1.807, 2.05) is 0 Å². The average molecular weight is 582 g/mol. The van der Waals surface area contributed by atoms with Gasteiger partial charge < -0.3 is 4.40 Å². The number of aromatic nitrogens is 1. The molecular formula is C42H31NO2. The molecule has 2 heterocycles. The van der Waals surface area contributed by atoms with E-state index in [4.69, 9.17) is 0 Å². The molecule has 0 spiro atoms. The quantitative estimate of drug-likeness (QED) is 0.167. The maximum Gasteiger partial charge on any atom is 0.166 e. The number of carbonyl (C=O) groups is 2. The van der Waals surface area contributed by atoms with E-state index in [0.29, 0.717) is 23.4 Å². The largest absolute Gasteiger partial charge is 0.308 e. The highest BCUT2D eigenvalue weighted by molar-refractivity contribution is 6.42. The van der Waals surface area contributed by atoms with Crippen LogP contribution in [0.3, 0.4) is 0 Å². The van der Waals surface area contributed by atoms with Crippen LogP contribution in [0.1, 0.15) is 95.0 Å². The molecular weight excluding hydrogens is 550 g/mol. The van der Waals surface area contributed by atoms with Crippen molar-refractivity contribution in [1.82, 2.24) is 4.40 Å². The zero-order valence-corrected chi connectivity index (χ0v) is 25.1. The molecule has 3 nitrogen and oxygen atoms in total. The van der Waals surface area contributed by atoms with Crippen LogP contribution >= 0.6 is 0 Å². The van der Waals surface area contributed by atoms with Gasteiger partial charge in [-0.15, -0.1) is 0 Å². The summed E-state index contributed by atoms with van der Waals surface area (Å²) in [4.78, 5) is 27.9. The lowest BCUT2D eigenvalue weighted by atomic mass is 9.82. The highest BCUT2D eigenvalue weighted by Crippen LogP contribution is 2.53. The van der Waals surface area contributed by atoms with Crippen molar-refractivity contribution in [3.63, 3.8) is 0 Å². The Morgan fingerprint density at radius 3 is 1.42 bits per heavy atom. The molecule has 0 radical (unpaired) electrons. The molecule has 0 N–H and O–H groups in total. The Balaban J connectivity index is 1.36. The van der Waals surface area contributed by atoms with E-state index < -0.39 is 0 Å². The van der Waals surface area contributed by atoms with Crippen molar-refractivity contribution in [1.29, 1.82) is 0 Å². The highest BCUT2D eigenvalue weighted by Gasteiger charge is 2.38. The first-order valence-corrected chi connectivity index (χ1v) is 17.1. The van der Waals surface area contributed by atoms with Gasteiger partial charge in [-0.25, -0.2) is 0 Å². The van der Waals surface area contributed by atoms with E-state index in [0.717, 1.165) is 73.5 Å². The summed E-state index contributed by atoms with van der Waals surface area (Å²) in [5, 5.41) is 13.0. The van der Waals surface area contributed by atoms with Crippen molar-refractivity contribution in [3.05, 3.63) is 89.0 Å². The van der Waals surface area contributed by atoms with Gasteiger partial charge >= 0.3 is 0 Å². The summed E-state index contributed by atoms with van der Waals surface area (Å²) in [6, 6.07) is 25.3. The van der Waals surface area contributed by atoms with Gasteiger partial charge in [0, 0.05) is 44.5 Å². The van der Waals surface area contributed by atoms with Crippen molar-refractivity contribution < 1.29 is 9.59 Å². The third-order valence-electron chi connectivity index (χ3n) is 13.0. The number of rotatable bonds is 0. The van der Waals surface area contributed by atoms with Crippen LogP contribution in [-0.2, 0) is 0 Å². The zero-order valence-electron chi connectivity index (χ0n) is 25.1. The molecule has 6 aliphatic carbocycles. The monoisotopic (exact) mass is 581 g/mol. The highest BCUT2D eigenvalue weighted by atomic mass is 16.1. The molecule has 6 aromatic carbocycles. The molecule has 45 heavy (non-hydrogen) atoms. The number of carbonyl (C=O) groups excluding carboxylic acids is 2. The number of hydrogen-bond donors (Lipinski definition) is 0. The fraction of sp³-hybridized carbons (Fsp3) is 0.286. The van der Waals surface area contributed by atoms with Gasteiger partial charge in [0.25, 0.3) is 0 Å². The Bertz CT molecular complexity index is 2480. The second-order valence-electron chi connectivity index (χ2n) is 14.9. The number of benzene rings is 6. The summed E-state index contributed by atoms with van der Waals surface area (Å²) in [6.07, 6.45) is 8.51. The minimum absolute atomic E-state index is 0.158. The Morgan fingerprint density at radius 1 is 0.467 bits per heavy atom. The summed E-state index contributed by atoms with van der Waals surface area (Å²) in [7, 11) is 0. The number of ketones is 2. The molecule has 2 aromatic heterocycles. The van der Waals surface area contributed by atoms with Crippen LogP contribution in [0.15, 0.2) is 66.7 Å². The number of fused-ring (bicyclic) bond motifs is 12. The van der Waals surface area contributed by atoms with Crippen molar-refractivity contribution in [2.75, 3.05) is 0 Å². The van der Waals surface area contributed by atoms with Crippen molar-refractivity contribution in [3.8, 4) is 0 Å². The first-order chi connectivity index (χ1) is 22.1. The maximum absolute atomic E-state index is 14.0. The van der Waals surface area contributed by atoms with Gasteiger partial charge in [-0.2, -0.15) is 0 Å². The standard InChI is InChI=1S/C42H31NO2/c44-41-24-8-4-20(5-9-24)28-16-32-34(18-30(28)41)43-35-19-31-29(21-6-10-25(11-7-21)42(31)45)17-33(35)39-27-15-13-23-3-1-2-22-12-14-26(37(27)36(22)23)38(32)40(39)43/h1-3,12-21,24-25H,4-11H2. The first-order valence-electron chi connectivity index (χ1n) is 17.1. The van der Waals surface area contributed by atoms with Crippen LogP contribution in [-0.4, -0.2) is 16.0 Å². The lowest BCUT2D eigenvalue weighted by Crippen LogP contribution is -2.15. The molecule has 0 unspecified atom stereocenters. The van der Waals surface area contributed by atoms with Crippen LogP contribution in [0.2, 0.25) is 0 Å². The second kappa shape index (κ2) is 7.83. The van der Waals surface area contributed by atoms with Gasteiger partial charge in [0.1, 0.15) is 0 Å². The first kappa shape index (κ1) is 23.8. The van der Waals surface area contributed by atoms with E-state index in [1.165, 1.54) is 70.5 Å². The zero-order chi connectivity index (χ0) is 29.3. The fourth-order valence-corrected chi connectivity index (χ4v) is 10.9. The predicted molar refractivity (Wildman–Crippen MR) is 183 cm³/mol. The molecule has 0 saturated heterocycles. The molecule has 0 atom stereocenters. The van der Waals surface area contributed by atoms with Gasteiger partial charge in [0.05, 0.1) is 16.6 Å². The van der Waals surface area contributed by atoms with E-state index in [1.54, 1.807) is 0 Å².